The number of methoxy groups -OCH3 is 1. The Morgan fingerprint density at radius 1 is 0.981 bits per heavy atom. The zero-order valence-electron chi connectivity index (χ0n) is 34.8. The van der Waals surface area contributed by atoms with E-state index in [-0.39, 0.29) is 30.9 Å². The van der Waals surface area contributed by atoms with E-state index in [2.05, 4.69) is 0 Å². The van der Waals surface area contributed by atoms with Gasteiger partial charge in [0.15, 0.2) is 12.6 Å². The van der Waals surface area contributed by atoms with E-state index in [1.807, 2.05) is 72.5 Å². The molecule has 53 heavy (non-hydrogen) atoms. The highest BCUT2D eigenvalue weighted by Crippen LogP contribution is 2.51. The van der Waals surface area contributed by atoms with Crippen LogP contribution in [-0.4, -0.2) is 167 Å². The third kappa shape index (κ3) is 9.10. The lowest BCUT2D eigenvalue weighted by Gasteiger charge is -2.49. The van der Waals surface area contributed by atoms with Crippen molar-refractivity contribution in [2.75, 3.05) is 41.4 Å². The largest absolute Gasteiger partial charge is 0.459 e. The number of esters is 1. The fraction of sp³-hybridized carbons (Fsp3) is 0.974. The minimum Gasteiger partial charge on any atom is -0.459 e. The Kier molecular flexibility index (Phi) is 14.2. The summed E-state index contributed by atoms with van der Waals surface area (Å²) < 4.78 is 44.3. The highest BCUT2D eigenvalue weighted by atomic mass is 16.7. The highest BCUT2D eigenvalue weighted by molar-refractivity contribution is 5.73. The highest BCUT2D eigenvalue weighted by Gasteiger charge is 2.67. The van der Waals surface area contributed by atoms with Crippen molar-refractivity contribution >= 4 is 5.97 Å². The second-order valence-electron chi connectivity index (χ2n) is 17.8. The first-order valence-electron chi connectivity index (χ1n) is 19.6. The molecule has 0 aliphatic carbocycles. The Labute approximate surface area is 317 Å². The maximum Gasteiger partial charge on any atom is 0.311 e. The van der Waals surface area contributed by atoms with Crippen molar-refractivity contribution in [3.63, 3.8) is 0 Å². The molecule has 310 valence electrons. The summed E-state index contributed by atoms with van der Waals surface area (Å²) in [4.78, 5) is 18.2. The number of hydrogen-bond acceptors (Lipinski definition) is 14. The monoisotopic (exact) mass is 761 g/mol. The summed E-state index contributed by atoms with van der Waals surface area (Å²) in [5.41, 5.74) is -4.68. The van der Waals surface area contributed by atoms with E-state index in [1.54, 1.807) is 27.9 Å². The second kappa shape index (κ2) is 16.8. The van der Waals surface area contributed by atoms with Gasteiger partial charge in [0.25, 0.3) is 0 Å². The molecule has 14 nitrogen and oxygen atoms in total. The number of hydrogen-bond donors (Lipinski definition) is 4. The van der Waals surface area contributed by atoms with Crippen LogP contribution in [0.3, 0.4) is 0 Å². The maximum atomic E-state index is 14.3. The summed E-state index contributed by atoms with van der Waals surface area (Å²) >= 11 is 0. The zero-order chi connectivity index (χ0) is 40.0. The lowest BCUT2D eigenvalue weighted by atomic mass is 9.77. The molecule has 4 rings (SSSR count). The second-order valence-corrected chi connectivity index (χ2v) is 17.8. The van der Waals surface area contributed by atoms with E-state index >= 15 is 0 Å². The first-order chi connectivity index (χ1) is 24.5. The van der Waals surface area contributed by atoms with E-state index in [4.69, 9.17) is 33.2 Å². The molecule has 4 saturated heterocycles. The van der Waals surface area contributed by atoms with Crippen molar-refractivity contribution in [1.29, 1.82) is 0 Å². The predicted molar refractivity (Wildman–Crippen MR) is 197 cm³/mol. The fourth-order valence-corrected chi connectivity index (χ4v) is 9.40. The molecule has 1 spiro atoms. The maximum absolute atomic E-state index is 14.3. The third-order valence-electron chi connectivity index (χ3n) is 13.1. The van der Waals surface area contributed by atoms with Crippen LogP contribution in [0.2, 0.25) is 0 Å². The molecule has 0 saturated carbocycles. The summed E-state index contributed by atoms with van der Waals surface area (Å²) in [7, 11) is 7.29. The Morgan fingerprint density at radius 3 is 2.15 bits per heavy atom. The Hall–Kier alpha value is -1.01. The first kappa shape index (κ1) is 44.7. The van der Waals surface area contributed by atoms with Crippen molar-refractivity contribution in [1.82, 2.24) is 9.80 Å². The molecule has 0 aromatic heterocycles. The van der Waals surface area contributed by atoms with Gasteiger partial charge in [0.1, 0.15) is 35.1 Å². The number of nitrogens with zero attached hydrogens (tertiary/aromatic N) is 2. The summed E-state index contributed by atoms with van der Waals surface area (Å²) in [6.45, 7) is 19.1. The lowest BCUT2D eigenvalue weighted by molar-refractivity contribution is -0.315. The molecule has 18 atom stereocenters. The molecule has 0 bridgehead atoms. The number of cyclic esters (lactones) is 1. The Balaban J connectivity index is 1.81. The normalized spacial score (nSPS) is 51.1. The minimum absolute atomic E-state index is 0.125. The molecule has 4 N–H and O–H groups in total. The van der Waals surface area contributed by atoms with Crippen molar-refractivity contribution in [2.45, 2.75) is 185 Å². The molecule has 4 aliphatic rings. The van der Waals surface area contributed by atoms with Gasteiger partial charge in [-0.25, -0.2) is 0 Å². The predicted octanol–water partition coefficient (Wildman–Crippen LogP) is 2.31. The van der Waals surface area contributed by atoms with Gasteiger partial charge in [-0.15, -0.1) is 0 Å². The van der Waals surface area contributed by atoms with Gasteiger partial charge in [-0.05, 0) is 94.8 Å². The van der Waals surface area contributed by atoms with Gasteiger partial charge in [0.05, 0.1) is 42.5 Å². The zero-order valence-corrected chi connectivity index (χ0v) is 34.8. The van der Waals surface area contributed by atoms with Crippen molar-refractivity contribution in [3.05, 3.63) is 0 Å². The molecule has 0 unspecified atom stereocenters. The van der Waals surface area contributed by atoms with Crippen LogP contribution in [0.5, 0.6) is 0 Å². The van der Waals surface area contributed by atoms with E-state index in [1.165, 1.54) is 6.92 Å². The van der Waals surface area contributed by atoms with Crippen LogP contribution in [0.4, 0.5) is 0 Å². The Morgan fingerprint density at radius 2 is 1.60 bits per heavy atom. The Bertz CT molecular complexity index is 1220. The molecule has 0 aromatic rings. The number of carbonyl (C=O) groups excluding carboxylic acids is 1. The first-order valence-corrected chi connectivity index (χ1v) is 19.6. The van der Waals surface area contributed by atoms with E-state index in [9.17, 15) is 25.2 Å². The molecule has 0 amide bonds. The van der Waals surface area contributed by atoms with Crippen molar-refractivity contribution < 1.29 is 58.4 Å². The molecular weight excluding hydrogens is 688 g/mol. The average Bonchev–Trinajstić information content (AvgIpc) is 3.89. The van der Waals surface area contributed by atoms with Gasteiger partial charge < -0.3 is 63.4 Å². The van der Waals surface area contributed by atoms with Crippen LogP contribution < -0.4 is 0 Å². The number of epoxide rings is 1. The molecule has 4 aliphatic heterocycles. The van der Waals surface area contributed by atoms with Gasteiger partial charge in [-0.2, -0.15) is 0 Å². The van der Waals surface area contributed by atoms with Crippen LogP contribution in [0.1, 0.15) is 94.9 Å². The standard InChI is InChI=1S/C39H72N2O12/c1-15-28-38(10,46)32(43)25(6)41(13)19-21(2)17-36(8,45)33(53-35-30(42)27(40(11)12)16-22(3)49-35)23(4)31(24(5)34(44)51-28)52-29-18-37(9,47-14)39(20-48-39)26(7)50-29/h21-33,35,42-43,45-46H,15-20H2,1-14H3/t21-,22-,23+,24-,25-,26+,27+,28-,29+,30-,31+,32-,33-,35+,36-,37-,38-,39-/m1/s1. The van der Waals surface area contributed by atoms with Crippen molar-refractivity contribution in [3.8, 4) is 0 Å². The van der Waals surface area contributed by atoms with Gasteiger partial charge in [-0.1, -0.05) is 20.8 Å². The molecule has 4 heterocycles. The molecule has 14 heteroatoms. The quantitative estimate of drug-likeness (QED) is 0.220. The third-order valence-corrected chi connectivity index (χ3v) is 13.1. The lowest BCUT2D eigenvalue weighted by Crippen LogP contribution is -2.61. The summed E-state index contributed by atoms with van der Waals surface area (Å²) in [6.07, 6.45) is -6.48. The van der Waals surface area contributed by atoms with Crippen LogP contribution in [-0.2, 0) is 38.0 Å². The average molecular weight is 761 g/mol. The van der Waals surface area contributed by atoms with Gasteiger partial charge >= 0.3 is 5.97 Å². The SMILES string of the molecule is CC[C@H]1OC(=O)[C@H](C)[C@@H](O[C@H]2C[C@@](C)(OC)[C@@]3(CO3)[C@H](C)O2)[C@H](C)[C@@H](O[C@@H]2O[C@H](C)C[C@H](N(C)C)[C@H]2O)[C@](C)(O)C[C@@H](C)CN(C)[C@H](C)[C@@H](O)[C@]1(C)O. The van der Waals surface area contributed by atoms with Crippen LogP contribution in [0.15, 0.2) is 0 Å². The van der Waals surface area contributed by atoms with E-state index < -0.39 is 95.5 Å². The van der Waals surface area contributed by atoms with Gasteiger partial charge in [0.2, 0.25) is 0 Å². The number of aliphatic hydroxyl groups excluding tert-OH is 2. The van der Waals surface area contributed by atoms with Crippen LogP contribution >= 0.6 is 0 Å². The molecule has 0 aromatic carbocycles. The van der Waals surface area contributed by atoms with Gasteiger partial charge in [-0.3, -0.25) is 4.79 Å². The topological polar surface area (TPSA) is 172 Å². The van der Waals surface area contributed by atoms with Gasteiger partial charge in [0, 0.05) is 38.1 Å². The van der Waals surface area contributed by atoms with E-state index in [0.717, 1.165) is 0 Å². The number of aliphatic hydroxyl groups is 4. The summed E-state index contributed by atoms with van der Waals surface area (Å²) in [6, 6.07) is -0.781. The smallest absolute Gasteiger partial charge is 0.311 e. The van der Waals surface area contributed by atoms with E-state index in [0.29, 0.717) is 26.0 Å². The molecule has 0 radical (unpaired) electrons. The molecular formula is C39H72N2O12. The number of carbonyl (C=O) groups is 1. The molecule has 4 fully saturated rings. The number of ether oxygens (including phenoxy) is 7. The minimum atomic E-state index is -1.78. The van der Waals surface area contributed by atoms with Crippen LogP contribution in [0, 0.1) is 17.8 Å². The van der Waals surface area contributed by atoms with Crippen LogP contribution in [0.25, 0.3) is 0 Å². The number of likely N-dealkylation sites (N-methyl/N-ethyl adjacent to an activating group) is 2. The summed E-state index contributed by atoms with van der Waals surface area (Å²) in [5, 5.41) is 47.4. The van der Waals surface area contributed by atoms with Crippen molar-refractivity contribution in [2.24, 2.45) is 17.8 Å². The number of rotatable bonds is 7. The summed E-state index contributed by atoms with van der Waals surface area (Å²) in [5.74, 6) is -2.46. The fourth-order valence-electron chi connectivity index (χ4n) is 9.40.